The molecular formula is C37H58N4O8. The maximum absolute atomic E-state index is 14.6. The van der Waals surface area contributed by atoms with Gasteiger partial charge in [0.2, 0.25) is 11.8 Å². The molecule has 3 atom stereocenters. The van der Waals surface area contributed by atoms with E-state index in [0.29, 0.717) is 43.1 Å². The molecule has 4 amide bonds. The van der Waals surface area contributed by atoms with Gasteiger partial charge in [-0.25, -0.2) is 4.79 Å². The fourth-order valence-electron chi connectivity index (χ4n) is 6.57. The van der Waals surface area contributed by atoms with E-state index in [1.54, 1.807) is 71.4 Å². The normalized spacial score (nSPS) is 21.5. The first-order valence-corrected chi connectivity index (χ1v) is 17.7. The molecule has 0 bridgehead atoms. The van der Waals surface area contributed by atoms with Crippen molar-refractivity contribution < 1.29 is 38.5 Å². The topological polar surface area (TPSA) is 138 Å². The number of nitrogens with zero attached hydrogens (tertiary/aromatic N) is 3. The first-order valence-electron chi connectivity index (χ1n) is 17.7. The molecule has 274 valence electrons. The van der Waals surface area contributed by atoms with E-state index in [-0.39, 0.29) is 49.2 Å². The van der Waals surface area contributed by atoms with Crippen molar-refractivity contribution in [1.29, 1.82) is 0 Å². The molecule has 1 saturated heterocycles. The monoisotopic (exact) mass is 686 g/mol. The van der Waals surface area contributed by atoms with Gasteiger partial charge in [-0.15, -0.1) is 0 Å². The van der Waals surface area contributed by atoms with Crippen LogP contribution >= 0.6 is 0 Å². The molecule has 2 aliphatic heterocycles. The molecular weight excluding hydrogens is 628 g/mol. The van der Waals surface area contributed by atoms with Crippen LogP contribution in [0.15, 0.2) is 18.2 Å². The molecule has 12 heteroatoms. The number of ether oxygens (including phenoxy) is 3. The van der Waals surface area contributed by atoms with E-state index >= 15 is 0 Å². The van der Waals surface area contributed by atoms with Gasteiger partial charge in [0.1, 0.15) is 11.4 Å². The van der Waals surface area contributed by atoms with E-state index in [2.05, 4.69) is 5.32 Å². The Bertz CT molecular complexity index is 1380. The largest absolute Gasteiger partial charge is 0.476 e. The van der Waals surface area contributed by atoms with Gasteiger partial charge in [0, 0.05) is 45.1 Å². The molecule has 1 aliphatic carbocycles. The summed E-state index contributed by atoms with van der Waals surface area (Å²) in [4.78, 5) is 60.3. The van der Waals surface area contributed by atoms with Gasteiger partial charge >= 0.3 is 6.09 Å². The highest BCUT2D eigenvalue weighted by molar-refractivity contribution is 6.04. The second-order valence-corrected chi connectivity index (χ2v) is 16.4. The summed E-state index contributed by atoms with van der Waals surface area (Å²) in [5.74, 6) is -1.27. The van der Waals surface area contributed by atoms with Crippen LogP contribution in [0.1, 0.15) is 94.4 Å². The van der Waals surface area contributed by atoms with Crippen molar-refractivity contribution in [2.75, 3.05) is 43.2 Å². The van der Waals surface area contributed by atoms with Crippen LogP contribution in [0.4, 0.5) is 16.2 Å². The molecule has 49 heavy (non-hydrogen) atoms. The maximum Gasteiger partial charge on any atom is 0.410 e. The lowest BCUT2D eigenvalue weighted by Crippen LogP contribution is -2.57. The van der Waals surface area contributed by atoms with E-state index in [1.165, 1.54) is 4.90 Å². The highest BCUT2D eigenvalue weighted by atomic mass is 16.6. The summed E-state index contributed by atoms with van der Waals surface area (Å²) in [6, 6.07) is 4.93. The van der Waals surface area contributed by atoms with Gasteiger partial charge in [0.25, 0.3) is 5.91 Å². The number of piperidine rings is 1. The Kier molecular flexibility index (Phi) is 11.6. The van der Waals surface area contributed by atoms with Gasteiger partial charge in [-0.2, -0.15) is 0 Å². The number of amides is 4. The van der Waals surface area contributed by atoms with Crippen LogP contribution in [-0.2, 0) is 23.9 Å². The first-order chi connectivity index (χ1) is 22.7. The minimum Gasteiger partial charge on any atom is -0.476 e. The van der Waals surface area contributed by atoms with Crippen LogP contribution in [0, 0.1) is 17.8 Å². The average Bonchev–Trinajstić information content (AvgIpc) is 3.82. The summed E-state index contributed by atoms with van der Waals surface area (Å²) >= 11 is 0. The molecule has 0 aromatic heterocycles. The predicted molar refractivity (Wildman–Crippen MR) is 188 cm³/mol. The highest BCUT2D eigenvalue weighted by Gasteiger charge is 2.45. The number of carbonyl (C=O) groups is 4. The Hall–Kier alpha value is -3.38. The summed E-state index contributed by atoms with van der Waals surface area (Å²) in [7, 11) is 1.62. The third-order valence-electron chi connectivity index (χ3n) is 9.22. The smallest absolute Gasteiger partial charge is 0.410 e. The number of methoxy groups -OCH3 is 1. The van der Waals surface area contributed by atoms with Crippen molar-refractivity contribution in [3.05, 3.63) is 18.2 Å². The summed E-state index contributed by atoms with van der Waals surface area (Å²) in [5.41, 5.74) is -1.75. The number of hydrogen-bond acceptors (Lipinski definition) is 8. The lowest BCUT2D eigenvalue weighted by molar-refractivity contribution is -0.133. The molecule has 0 unspecified atom stereocenters. The van der Waals surface area contributed by atoms with Crippen molar-refractivity contribution in [2.24, 2.45) is 17.8 Å². The molecule has 1 aromatic carbocycles. The summed E-state index contributed by atoms with van der Waals surface area (Å²) in [5, 5.41) is 13.9. The first kappa shape index (κ1) is 38.4. The van der Waals surface area contributed by atoms with Crippen molar-refractivity contribution in [1.82, 2.24) is 10.2 Å². The second-order valence-electron chi connectivity index (χ2n) is 16.4. The summed E-state index contributed by atoms with van der Waals surface area (Å²) in [6.45, 7) is 17.3. The van der Waals surface area contributed by atoms with E-state index < -0.39 is 40.8 Å². The molecule has 12 nitrogen and oxygen atoms in total. The van der Waals surface area contributed by atoms with Crippen molar-refractivity contribution in [3.8, 4) is 5.75 Å². The Morgan fingerprint density at radius 1 is 1.10 bits per heavy atom. The number of carbonyl (C=O) groups excluding carboxylic acids is 4. The maximum atomic E-state index is 14.6. The van der Waals surface area contributed by atoms with Gasteiger partial charge in [0.05, 0.1) is 29.2 Å². The van der Waals surface area contributed by atoms with E-state index in [9.17, 15) is 24.3 Å². The van der Waals surface area contributed by atoms with Gasteiger partial charge in [-0.1, -0.05) is 13.8 Å². The zero-order chi connectivity index (χ0) is 36.5. The third-order valence-corrected chi connectivity index (χ3v) is 9.22. The Labute approximate surface area is 291 Å². The molecule has 1 aromatic rings. The molecule has 4 rings (SSSR count). The third kappa shape index (κ3) is 9.66. The number of benzene rings is 1. The van der Waals surface area contributed by atoms with E-state index in [0.717, 1.165) is 12.8 Å². The van der Waals surface area contributed by atoms with Crippen molar-refractivity contribution >= 4 is 35.2 Å². The van der Waals surface area contributed by atoms with Crippen molar-refractivity contribution in [2.45, 2.75) is 123 Å². The zero-order valence-electron chi connectivity index (χ0n) is 31.1. The van der Waals surface area contributed by atoms with Crippen molar-refractivity contribution in [3.63, 3.8) is 0 Å². The van der Waals surface area contributed by atoms with Crippen LogP contribution in [0.5, 0.6) is 5.75 Å². The Morgan fingerprint density at radius 3 is 2.33 bits per heavy atom. The van der Waals surface area contributed by atoms with Crippen LogP contribution in [0.3, 0.4) is 0 Å². The molecule has 2 heterocycles. The molecule has 2 N–H and O–H groups in total. The van der Waals surface area contributed by atoms with Gasteiger partial charge in [-0.05, 0) is 105 Å². The number of aliphatic hydroxyl groups is 1. The van der Waals surface area contributed by atoms with Crippen LogP contribution in [0.2, 0.25) is 0 Å². The standard InChI is InChI=1S/C37H58N4O8/c1-23(2)18-30(36(6,7)46)38-31(42)24-19-25(22-39(21-24)34(45)49-35(3,4)5)32(43)41(26-12-13-26)27-14-15-29-28(20-27)40(16-11-17-47-10)33(44)37(8,9)48-29/h14-15,20,23-26,30,46H,11-13,16-19,21-22H2,1-10H3,(H,38,42)/t24-,25+,30-/m0/s1. The predicted octanol–water partition coefficient (Wildman–Crippen LogP) is 4.90. The van der Waals surface area contributed by atoms with Crippen LogP contribution < -0.4 is 19.9 Å². The van der Waals surface area contributed by atoms with Crippen LogP contribution in [-0.4, -0.2) is 96.1 Å². The molecule has 2 fully saturated rings. The van der Waals surface area contributed by atoms with Gasteiger partial charge in [0.15, 0.2) is 5.60 Å². The van der Waals surface area contributed by atoms with Gasteiger partial charge < -0.3 is 39.3 Å². The highest BCUT2D eigenvalue weighted by Crippen LogP contribution is 2.43. The fourth-order valence-corrected chi connectivity index (χ4v) is 6.57. The SMILES string of the molecule is COCCCN1C(=O)C(C)(C)Oc2ccc(N(C(=O)[C@@H]3C[C@H](C(=O)N[C@@H](CC(C)C)C(C)(C)O)CN(C(=O)OC(C)(C)C)C3)C3CC3)cc21. The lowest BCUT2D eigenvalue weighted by Gasteiger charge is -2.41. The Morgan fingerprint density at radius 2 is 1.76 bits per heavy atom. The number of nitrogens with one attached hydrogen (secondary N) is 1. The number of hydrogen-bond donors (Lipinski definition) is 2. The Balaban J connectivity index is 1.66. The van der Waals surface area contributed by atoms with E-state index in [1.807, 2.05) is 26.0 Å². The molecule has 0 spiro atoms. The number of likely N-dealkylation sites (tertiary alicyclic amines) is 1. The van der Waals surface area contributed by atoms with E-state index in [4.69, 9.17) is 14.2 Å². The zero-order valence-corrected chi connectivity index (χ0v) is 31.1. The molecule has 0 radical (unpaired) electrons. The lowest BCUT2D eigenvalue weighted by atomic mass is 9.86. The number of rotatable bonds is 12. The minimum absolute atomic E-state index is 0.0427. The average molecular weight is 687 g/mol. The van der Waals surface area contributed by atoms with Crippen LogP contribution in [0.25, 0.3) is 0 Å². The second kappa shape index (κ2) is 14.8. The number of anilines is 2. The quantitative estimate of drug-likeness (QED) is 0.297. The number of fused-ring (bicyclic) bond motifs is 1. The summed E-state index contributed by atoms with van der Waals surface area (Å²) in [6.07, 6.45) is 2.48. The summed E-state index contributed by atoms with van der Waals surface area (Å²) < 4.78 is 17.0. The molecule has 3 aliphatic rings. The molecule has 1 saturated carbocycles. The minimum atomic E-state index is -1.17. The van der Waals surface area contributed by atoms with Gasteiger partial charge in [-0.3, -0.25) is 14.4 Å². The fraction of sp³-hybridized carbons (Fsp3) is 0.730.